The van der Waals surface area contributed by atoms with E-state index in [-0.39, 0.29) is 11.9 Å². The van der Waals surface area contributed by atoms with E-state index in [4.69, 9.17) is 4.74 Å². The molecule has 2 aromatic rings. The first-order valence-electron chi connectivity index (χ1n) is 8.97. The summed E-state index contributed by atoms with van der Waals surface area (Å²) in [5.74, 6) is 2.49. The van der Waals surface area contributed by atoms with E-state index in [0.29, 0.717) is 18.3 Å². The number of thioether (sulfide) groups is 1. The first-order valence-corrected chi connectivity index (χ1v) is 9.96. The van der Waals surface area contributed by atoms with Crippen molar-refractivity contribution in [2.24, 2.45) is 5.92 Å². The molecule has 7 heteroatoms. The third-order valence-electron chi connectivity index (χ3n) is 3.62. The normalized spacial score (nSPS) is 11.2. The summed E-state index contributed by atoms with van der Waals surface area (Å²) in [5, 5.41) is 12.2. The number of hydrogen-bond acceptors (Lipinski definition) is 5. The van der Waals surface area contributed by atoms with Gasteiger partial charge in [-0.3, -0.25) is 4.79 Å². The number of nitrogens with zero attached hydrogens (tertiary/aromatic N) is 3. The highest BCUT2D eigenvalue weighted by Crippen LogP contribution is 2.20. The summed E-state index contributed by atoms with van der Waals surface area (Å²) in [6.07, 6.45) is 1.02. The van der Waals surface area contributed by atoms with Gasteiger partial charge in [0.2, 0.25) is 5.91 Å². The molecule has 1 heterocycles. The molecule has 0 spiro atoms. The number of aromatic nitrogens is 3. The lowest BCUT2D eigenvalue weighted by molar-refractivity contribution is -0.119. The molecule has 1 aromatic heterocycles. The number of benzene rings is 1. The fourth-order valence-electron chi connectivity index (χ4n) is 2.30. The summed E-state index contributed by atoms with van der Waals surface area (Å²) in [4.78, 5) is 11.9. The third-order valence-corrected chi connectivity index (χ3v) is 4.58. The minimum atomic E-state index is 0.00509. The number of hydrogen-bond donors (Lipinski definition) is 1. The van der Waals surface area contributed by atoms with Gasteiger partial charge in [0.1, 0.15) is 12.4 Å². The average Bonchev–Trinajstić information content (AvgIpc) is 2.98. The molecule has 26 heavy (non-hydrogen) atoms. The van der Waals surface area contributed by atoms with E-state index in [2.05, 4.69) is 33.9 Å². The lowest BCUT2D eigenvalue weighted by Gasteiger charge is -2.13. The number of para-hydroxylation sites is 1. The van der Waals surface area contributed by atoms with E-state index >= 15 is 0 Å². The van der Waals surface area contributed by atoms with Crippen LogP contribution in [0.1, 0.15) is 39.9 Å². The molecule has 0 fully saturated rings. The van der Waals surface area contributed by atoms with Gasteiger partial charge < -0.3 is 14.6 Å². The molecule has 0 bridgehead atoms. The molecule has 1 amide bonds. The zero-order valence-corrected chi connectivity index (χ0v) is 16.8. The van der Waals surface area contributed by atoms with Gasteiger partial charge in [-0.05, 0) is 38.3 Å². The minimum absolute atomic E-state index is 0.00509. The number of carbonyl (C=O) groups is 1. The van der Waals surface area contributed by atoms with Gasteiger partial charge in [-0.1, -0.05) is 43.8 Å². The van der Waals surface area contributed by atoms with Gasteiger partial charge in [0, 0.05) is 12.6 Å². The van der Waals surface area contributed by atoms with Crippen molar-refractivity contribution in [2.45, 2.75) is 58.5 Å². The lowest BCUT2D eigenvalue weighted by atomic mass is 10.1. The van der Waals surface area contributed by atoms with E-state index in [9.17, 15) is 4.79 Å². The Bertz CT molecular complexity index is 686. The molecule has 0 aliphatic heterocycles. The van der Waals surface area contributed by atoms with Gasteiger partial charge in [0.05, 0.1) is 5.75 Å². The first-order chi connectivity index (χ1) is 12.5. The Morgan fingerprint density at radius 3 is 2.58 bits per heavy atom. The van der Waals surface area contributed by atoms with Gasteiger partial charge in [0.25, 0.3) is 0 Å². The predicted molar refractivity (Wildman–Crippen MR) is 104 cm³/mol. The van der Waals surface area contributed by atoms with Crippen LogP contribution in [0.15, 0.2) is 35.5 Å². The number of amides is 1. The van der Waals surface area contributed by atoms with Gasteiger partial charge in [-0.2, -0.15) is 0 Å². The maximum Gasteiger partial charge on any atom is 0.230 e. The smallest absolute Gasteiger partial charge is 0.230 e. The molecule has 0 unspecified atom stereocenters. The van der Waals surface area contributed by atoms with Crippen molar-refractivity contribution in [2.75, 3.05) is 5.75 Å². The Balaban J connectivity index is 2.04. The highest BCUT2D eigenvalue weighted by atomic mass is 32.2. The zero-order chi connectivity index (χ0) is 18.9. The Labute approximate surface area is 159 Å². The maximum atomic E-state index is 11.9. The van der Waals surface area contributed by atoms with Gasteiger partial charge in [-0.25, -0.2) is 0 Å². The third kappa shape index (κ3) is 6.71. The van der Waals surface area contributed by atoms with Gasteiger partial charge in [-0.15, -0.1) is 10.2 Å². The summed E-state index contributed by atoms with van der Waals surface area (Å²) in [5.41, 5.74) is 0. The number of nitrogens with one attached hydrogen (secondary N) is 1. The van der Waals surface area contributed by atoms with Crippen molar-refractivity contribution in [3.8, 4) is 5.75 Å². The Morgan fingerprint density at radius 1 is 1.19 bits per heavy atom. The number of carbonyl (C=O) groups excluding carboxylic acids is 1. The van der Waals surface area contributed by atoms with Crippen LogP contribution in [0.2, 0.25) is 0 Å². The second kappa shape index (κ2) is 10.2. The Kier molecular flexibility index (Phi) is 7.97. The minimum Gasteiger partial charge on any atom is -0.486 e. The average molecular weight is 377 g/mol. The van der Waals surface area contributed by atoms with Crippen LogP contribution in [0, 0.1) is 5.92 Å². The van der Waals surface area contributed by atoms with E-state index in [1.165, 1.54) is 11.8 Å². The van der Waals surface area contributed by atoms with E-state index in [1.807, 2.05) is 44.2 Å². The van der Waals surface area contributed by atoms with Crippen LogP contribution in [0.5, 0.6) is 5.75 Å². The summed E-state index contributed by atoms with van der Waals surface area (Å²) in [6.45, 7) is 9.44. The fourth-order valence-corrected chi connectivity index (χ4v) is 3.10. The molecule has 1 aromatic carbocycles. The van der Waals surface area contributed by atoms with Crippen molar-refractivity contribution in [1.29, 1.82) is 0 Å². The van der Waals surface area contributed by atoms with E-state index in [0.717, 1.165) is 29.7 Å². The molecule has 0 saturated carbocycles. The monoisotopic (exact) mass is 376 g/mol. The van der Waals surface area contributed by atoms with Crippen molar-refractivity contribution < 1.29 is 9.53 Å². The molecular weight excluding hydrogens is 348 g/mol. The summed E-state index contributed by atoms with van der Waals surface area (Å²) in [6, 6.07) is 9.80. The van der Waals surface area contributed by atoms with Crippen LogP contribution in [-0.4, -0.2) is 32.5 Å². The molecule has 0 radical (unpaired) electrons. The summed E-state index contributed by atoms with van der Waals surface area (Å²) >= 11 is 1.41. The molecular formula is C19H28N4O2S. The van der Waals surface area contributed by atoms with Crippen LogP contribution in [0.3, 0.4) is 0 Å². The fraction of sp³-hybridized carbons (Fsp3) is 0.526. The Morgan fingerprint density at radius 2 is 1.92 bits per heavy atom. The topological polar surface area (TPSA) is 69.0 Å². The first kappa shape index (κ1) is 20.3. The van der Waals surface area contributed by atoms with Crippen LogP contribution in [-0.2, 0) is 17.9 Å². The maximum absolute atomic E-state index is 11.9. The SMILES string of the molecule is CC(C)CCn1c(COc2ccccc2)nnc1SCC(=O)NC(C)C. The second-order valence-electron chi connectivity index (χ2n) is 6.85. The molecule has 142 valence electrons. The largest absolute Gasteiger partial charge is 0.486 e. The molecule has 6 nitrogen and oxygen atoms in total. The summed E-state index contributed by atoms with van der Waals surface area (Å²) in [7, 11) is 0. The molecule has 1 N–H and O–H groups in total. The quantitative estimate of drug-likeness (QED) is 0.643. The van der Waals surface area contributed by atoms with Gasteiger partial charge in [0.15, 0.2) is 11.0 Å². The van der Waals surface area contributed by atoms with Gasteiger partial charge >= 0.3 is 0 Å². The van der Waals surface area contributed by atoms with Crippen LogP contribution in [0.25, 0.3) is 0 Å². The van der Waals surface area contributed by atoms with Crippen LogP contribution < -0.4 is 10.1 Å². The molecule has 0 atom stereocenters. The number of rotatable bonds is 10. The predicted octanol–water partition coefficient (Wildman–Crippen LogP) is 3.52. The zero-order valence-electron chi connectivity index (χ0n) is 15.9. The van der Waals surface area contributed by atoms with Crippen LogP contribution >= 0.6 is 11.8 Å². The Hall–Kier alpha value is -2.02. The molecule has 2 rings (SSSR count). The molecule has 0 aliphatic rings. The highest BCUT2D eigenvalue weighted by molar-refractivity contribution is 7.99. The van der Waals surface area contributed by atoms with Crippen molar-refractivity contribution in [1.82, 2.24) is 20.1 Å². The van der Waals surface area contributed by atoms with Crippen molar-refractivity contribution >= 4 is 17.7 Å². The lowest BCUT2D eigenvalue weighted by Crippen LogP contribution is -2.31. The highest BCUT2D eigenvalue weighted by Gasteiger charge is 2.15. The second-order valence-corrected chi connectivity index (χ2v) is 7.79. The molecule has 0 aliphatic carbocycles. The van der Waals surface area contributed by atoms with E-state index in [1.54, 1.807) is 0 Å². The van der Waals surface area contributed by atoms with Crippen molar-refractivity contribution in [3.63, 3.8) is 0 Å². The van der Waals surface area contributed by atoms with Crippen molar-refractivity contribution in [3.05, 3.63) is 36.2 Å². The van der Waals surface area contributed by atoms with Crippen LogP contribution in [0.4, 0.5) is 0 Å². The van der Waals surface area contributed by atoms with E-state index < -0.39 is 0 Å². The standard InChI is InChI=1S/C19H28N4O2S/c1-14(2)10-11-23-17(12-25-16-8-6-5-7-9-16)21-22-19(23)26-13-18(24)20-15(3)4/h5-9,14-15H,10-13H2,1-4H3,(H,20,24). The summed E-state index contributed by atoms with van der Waals surface area (Å²) < 4.78 is 7.88. The number of ether oxygens (including phenoxy) is 1. The molecule has 0 saturated heterocycles.